The molecule has 0 aliphatic carbocycles. The van der Waals surface area contributed by atoms with E-state index in [1.807, 2.05) is 20.8 Å². The minimum absolute atomic E-state index is 0.114. The average Bonchev–Trinajstić information content (AvgIpc) is 2.45. The van der Waals surface area contributed by atoms with Crippen LogP contribution >= 0.6 is 0 Å². The molecule has 1 aliphatic rings. The van der Waals surface area contributed by atoms with E-state index in [-0.39, 0.29) is 18.2 Å². The molecule has 2 heterocycles. The minimum Gasteiger partial charge on any atom is -0.444 e. The normalized spacial score (nSPS) is 21.2. The zero-order chi connectivity index (χ0) is 16.2. The summed E-state index contributed by atoms with van der Waals surface area (Å²) < 4.78 is 5.33. The van der Waals surface area contributed by atoms with Crippen LogP contribution in [0.2, 0.25) is 0 Å². The fourth-order valence-electron chi connectivity index (χ4n) is 2.66. The lowest BCUT2D eigenvalue weighted by atomic mass is 10.0. The number of aromatic nitrogens is 2. The fourth-order valence-corrected chi connectivity index (χ4v) is 2.66. The van der Waals surface area contributed by atoms with Gasteiger partial charge in [-0.3, -0.25) is 14.9 Å². The molecule has 0 radical (unpaired) electrons. The Bertz CT molecular complexity index is 487. The number of ether oxygens (including phenoxy) is 1. The molecule has 0 unspecified atom stereocenters. The predicted molar refractivity (Wildman–Crippen MR) is 84.4 cm³/mol. The van der Waals surface area contributed by atoms with E-state index >= 15 is 0 Å². The number of carbonyl (C=O) groups excluding carboxylic acids is 1. The van der Waals surface area contributed by atoms with Gasteiger partial charge in [0, 0.05) is 31.2 Å². The topological polar surface area (TPSA) is 67.4 Å². The van der Waals surface area contributed by atoms with Crippen LogP contribution in [0.15, 0.2) is 18.6 Å². The van der Waals surface area contributed by atoms with E-state index in [9.17, 15) is 4.79 Å². The van der Waals surface area contributed by atoms with Gasteiger partial charge in [-0.25, -0.2) is 4.79 Å². The summed E-state index contributed by atoms with van der Waals surface area (Å²) in [5.41, 5.74) is 0.492. The first-order valence-corrected chi connectivity index (χ1v) is 7.84. The van der Waals surface area contributed by atoms with Crippen molar-refractivity contribution in [3.05, 3.63) is 24.3 Å². The molecule has 0 spiro atoms. The molecule has 0 aromatic carbocycles. The van der Waals surface area contributed by atoms with Gasteiger partial charge in [-0.15, -0.1) is 0 Å². The third-order valence-corrected chi connectivity index (χ3v) is 3.73. The summed E-state index contributed by atoms with van der Waals surface area (Å²) in [6.07, 6.45) is 6.88. The van der Waals surface area contributed by atoms with Crippen LogP contribution in [0.25, 0.3) is 0 Å². The van der Waals surface area contributed by atoms with Gasteiger partial charge in [0.2, 0.25) is 0 Å². The highest BCUT2D eigenvalue weighted by atomic mass is 16.6. The van der Waals surface area contributed by atoms with Gasteiger partial charge in [-0.05, 0) is 47.1 Å². The van der Waals surface area contributed by atoms with Crippen molar-refractivity contribution in [1.82, 2.24) is 20.2 Å². The molecule has 1 N–H and O–H groups in total. The van der Waals surface area contributed by atoms with Crippen molar-refractivity contribution in [3.63, 3.8) is 0 Å². The molecule has 1 aromatic heterocycles. The van der Waals surface area contributed by atoms with Crippen LogP contribution in [0.1, 0.15) is 52.3 Å². The van der Waals surface area contributed by atoms with Gasteiger partial charge in [0.15, 0.2) is 0 Å². The second-order valence-electron chi connectivity index (χ2n) is 6.79. The number of nitrogens with one attached hydrogen (secondary N) is 1. The van der Waals surface area contributed by atoms with Gasteiger partial charge in [0.05, 0.1) is 11.7 Å². The Balaban J connectivity index is 1.90. The lowest BCUT2D eigenvalue weighted by Crippen LogP contribution is -2.49. The third-order valence-electron chi connectivity index (χ3n) is 3.73. The summed E-state index contributed by atoms with van der Waals surface area (Å²) in [4.78, 5) is 22.7. The van der Waals surface area contributed by atoms with Crippen molar-refractivity contribution in [2.75, 3.05) is 13.1 Å². The van der Waals surface area contributed by atoms with Gasteiger partial charge < -0.3 is 10.1 Å². The van der Waals surface area contributed by atoms with Crippen LogP contribution < -0.4 is 5.32 Å². The maximum atomic E-state index is 11.9. The van der Waals surface area contributed by atoms with Crippen molar-refractivity contribution in [1.29, 1.82) is 0 Å². The summed E-state index contributed by atoms with van der Waals surface area (Å²) in [6.45, 7) is 9.54. The lowest BCUT2D eigenvalue weighted by molar-refractivity contribution is 0.0457. The number of piperidine rings is 1. The highest BCUT2D eigenvalue weighted by molar-refractivity contribution is 5.68. The van der Waals surface area contributed by atoms with Crippen molar-refractivity contribution >= 4 is 6.09 Å². The summed E-state index contributed by atoms with van der Waals surface area (Å²) >= 11 is 0. The predicted octanol–water partition coefficient (Wildman–Crippen LogP) is 2.53. The largest absolute Gasteiger partial charge is 0.444 e. The Morgan fingerprint density at radius 2 is 2.23 bits per heavy atom. The molecular weight excluding hydrogens is 280 g/mol. The van der Waals surface area contributed by atoms with E-state index in [2.05, 4.69) is 27.1 Å². The van der Waals surface area contributed by atoms with Crippen molar-refractivity contribution in [2.45, 2.75) is 58.2 Å². The van der Waals surface area contributed by atoms with Crippen molar-refractivity contribution < 1.29 is 9.53 Å². The van der Waals surface area contributed by atoms with E-state index in [1.165, 1.54) is 0 Å². The third kappa shape index (κ3) is 4.94. The van der Waals surface area contributed by atoms with Crippen LogP contribution in [-0.4, -0.2) is 45.7 Å². The molecule has 1 amide bonds. The SMILES string of the molecule is C[C@H](c1cnccn1)N1CCC[C@H](NC(=O)OC(C)(C)C)C1. The first-order chi connectivity index (χ1) is 10.3. The Morgan fingerprint density at radius 3 is 2.86 bits per heavy atom. The van der Waals surface area contributed by atoms with E-state index in [4.69, 9.17) is 4.74 Å². The Hall–Kier alpha value is -1.69. The molecule has 6 nitrogen and oxygen atoms in total. The van der Waals surface area contributed by atoms with E-state index < -0.39 is 5.60 Å². The second kappa shape index (κ2) is 7.05. The van der Waals surface area contributed by atoms with E-state index in [0.29, 0.717) is 0 Å². The van der Waals surface area contributed by atoms with Gasteiger partial charge in [0.1, 0.15) is 5.60 Å². The quantitative estimate of drug-likeness (QED) is 0.929. The highest BCUT2D eigenvalue weighted by Crippen LogP contribution is 2.22. The van der Waals surface area contributed by atoms with Gasteiger partial charge in [-0.2, -0.15) is 0 Å². The molecule has 1 saturated heterocycles. The molecular formula is C16H26N4O2. The van der Waals surface area contributed by atoms with Crippen LogP contribution in [0, 0.1) is 0 Å². The first kappa shape index (κ1) is 16.7. The number of carbonyl (C=O) groups is 1. The molecule has 0 saturated carbocycles. The molecule has 6 heteroatoms. The molecule has 1 fully saturated rings. The van der Waals surface area contributed by atoms with Crippen molar-refractivity contribution in [2.24, 2.45) is 0 Å². The van der Waals surface area contributed by atoms with Crippen LogP contribution in [0.4, 0.5) is 4.79 Å². The number of hydrogen-bond acceptors (Lipinski definition) is 5. The average molecular weight is 306 g/mol. The standard InChI is InChI=1S/C16H26N4O2/c1-12(14-10-17-7-8-18-14)20-9-5-6-13(11-20)19-15(21)22-16(2,3)4/h7-8,10,12-13H,5-6,9,11H2,1-4H3,(H,19,21)/t12-,13+/m1/s1. The Kier molecular flexibility index (Phi) is 5.34. The smallest absolute Gasteiger partial charge is 0.407 e. The number of nitrogens with zero attached hydrogens (tertiary/aromatic N) is 3. The molecule has 1 aromatic rings. The maximum Gasteiger partial charge on any atom is 0.407 e. The number of likely N-dealkylation sites (tertiary alicyclic amines) is 1. The molecule has 0 bridgehead atoms. The van der Waals surface area contributed by atoms with Crippen LogP contribution in [0.5, 0.6) is 0 Å². The van der Waals surface area contributed by atoms with E-state index in [1.54, 1.807) is 18.6 Å². The van der Waals surface area contributed by atoms with Gasteiger partial charge >= 0.3 is 6.09 Å². The highest BCUT2D eigenvalue weighted by Gasteiger charge is 2.27. The van der Waals surface area contributed by atoms with Crippen LogP contribution in [0.3, 0.4) is 0 Å². The molecule has 122 valence electrons. The van der Waals surface area contributed by atoms with Gasteiger partial charge in [-0.1, -0.05) is 0 Å². The molecule has 2 atom stereocenters. The summed E-state index contributed by atoms with van der Waals surface area (Å²) in [5.74, 6) is 0. The van der Waals surface area contributed by atoms with E-state index in [0.717, 1.165) is 31.6 Å². The Labute approximate surface area is 132 Å². The summed E-state index contributed by atoms with van der Waals surface area (Å²) in [6, 6.07) is 0.305. The molecule has 2 rings (SSSR count). The zero-order valence-corrected chi connectivity index (χ0v) is 13.9. The summed E-state index contributed by atoms with van der Waals surface area (Å²) in [7, 11) is 0. The minimum atomic E-state index is -0.467. The zero-order valence-electron chi connectivity index (χ0n) is 13.9. The maximum absolute atomic E-state index is 11.9. The van der Waals surface area contributed by atoms with Crippen LogP contribution in [-0.2, 0) is 4.74 Å². The lowest BCUT2D eigenvalue weighted by Gasteiger charge is -2.36. The Morgan fingerprint density at radius 1 is 1.45 bits per heavy atom. The molecule has 1 aliphatic heterocycles. The monoisotopic (exact) mass is 306 g/mol. The fraction of sp³-hybridized carbons (Fsp3) is 0.688. The number of rotatable bonds is 3. The van der Waals surface area contributed by atoms with Crippen molar-refractivity contribution in [3.8, 4) is 0 Å². The number of hydrogen-bond donors (Lipinski definition) is 1. The number of alkyl carbamates (subject to hydrolysis) is 1. The molecule has 22 heavy (non-hydrogen) atoms. The second-order valence-corrected chi connectivity index (χ2v) is 6.79. The van der Waals surface area contributed by atoms with Gasteiger partial charge in [0.25, 0.3) is 0 Å². The summed E-state index contributed by atoms with van der Waals surface area (Å²) in [5, 5.41) is 2.97. The number of amides is 1. The first-order valence-electron chi connectivity index (χ1n) is 7.84.